The molecule has 1 N–H and O–H groups in total. The Labute approximate surface area is 114 Å². The van der Waals surface area contributed by atoms with Crippen molar-refractivity contribution in [3.8, 4) is 11.5 Å². The van der Waals surface area contributed by atoms with E-state index in [4.69, 9.17) is 4.74 Å². The maximum absolute atomic E-state index is 5.92. The number of aryl methyl sites for hydroxylation is 1. The summed E-state index contributed by atoms with van der Waals surface area (Å²) in [6.07, 6.45) is 4.69. The lowest BCUT2D eigenvalue weighted by Gasteiger charge is -2.11. The summed E-state index contributed by atoms with van der Waals surface area (Å²) >= 11 is 0. The van der Waals surface area contributed by atoms with Crippen molar-refractivity contribution >= 4 is 0 Å². The van der Waals surface area contributed by atoms with Crippen molar-refractivity contribution in [2.24, 2.45) is 0 Å². The molecule has 1 aromatic heterocycles. The second kappa shape index (κ2) is 6.90. The van der Waals surface area contributed by atoms with E-state index in [0.717, 1.165) is 36.6 Å². The van der Waals surface area contributed by atoms with E-state index in [-0.39, 0.29) is 0 Å². The zero-order valence-corrected chi connectivity index (χ0v) is 11.5. The second-order valence-electron chi connectivity index (χ2n) is 4.58. The molecular weight excluding hydrogens is 236 g/mol. The summed E-state index contributed by atoms with van der Waals surface area (Å²) in [4.78, 5) is 4.14. The molecule has 2 aromatic rings. The molecule has 0 amide bonds. The van der Waals surface area contributed by atoms with E-state index in [9.17, 15) is 0 Å². The van der Waals surface area contributed by atoms with Crippen LogP contribution in [0.3, 0.4) is 0 Å². The van der Waals surface area contributed by atoms with Gasteiger partial charge in [-0.25, -0.2) is 0 Å². The standard InChI is InChI=1S/C16H20N2O/c1-3-8-17-11-14-7-9-18-12-16(14)19-15-6-4-5-13(2)10-15/h4-7,9-10,12,17H,3,8,11H2,1-2H3. The molecule has 0 unspecified atom stereocenters. The van der Waals surface area contributed by atoms with Gasteiger partial charge >= 0.3 is 0 Å². The molecule has 1 heterocycles. The fourth-order valence-electron chi connectivity index (χ4n) is 1.85. The molecule has 1 aromatic carbocycles. The molecular formula is C16H20N2O. The highest BCUT2D eigenvalue weighted by Gasteiger charge is 2.04. The van der Waals surface area contributed by atoms with Crippen LogP contribution in [0, 0.1) is 6.92 Å². The van der Waals surface area contributed by atoms with Gasteiger partial charge in [0, 0.05) is 18.3 Å². The Morgan fingerprint density at radius 2 is 2.16 bits per heavy atom. The molecule has 0 fully saturated rings. The van der Waals surface area contributed by atoms with E-state index in [1.807, 2.05) is 24.3 Å². The van der Waals surface area contributed by atoms with Crippen LogP contribution in [-0.2, 0) is 6.54 Å². The Bertz CT molecular complexity index is 526. The number of benzene rings is 1. The predicted octanol–water partition coefficient (Wildman–Crippen LogP) is 3.68. The van der Waals surface area contributed by atoms with Gasteiger partial charge in [0.25, 0.3) is 0 Å². The van der Waals surface area contributed by atoms with E-state index in [1.165, 1.54) is 5.56 Å². The zero-order chi connectivity index (χ0) is 13.5. The Hall–Kier alpha value is -1.87. The van der Waals surface area contributed by atoms with Gasteiger partial charge in [0.05, 0.1) is 6.20 Å². The molecule has 0 aliphatic rings. The average molecular weight is 256 g/mol. The summed E-state index contributed by atoms with van der Waals surface area (Å²) in [5.41, 5.74) is 2.32. The van der Waals surface area contributed by atoms with Crippen LogP contribution >= 0.6 is 0 Å². The van der Waals surface area contributed by atoms with Gasteiger partial charge in [-0.15, -0.1) is 0 Å². The summed E-state index contributed by atoms with van der Waals surface area (Å²) in [6.45, 7) is 6.02. The average Bonchev–Trinajstić information content (AvgIpc) is 2.41. The highest BCUT2D eigenvalue weighted by molar-refractivity contribution is 5.36. The fraction of sp³-hybridized carbons (Fsp3) is 0.312. The maximum Gasteiger partial charge on any atom is 0.150 e. The summed E-state index contributed by atoms with van der Waals surface area (Å²) in [6, 6.07) is 10.0. The third kappa shape index (κ3) is 4.07. The van der Waals surface area contributed by atoms with Crippen molar-refractivity contribution in [2.45, 2.75) is 26.8 Å². The first kappa shape index (κ1) is 13.6. The molecule has 0 radical (unpaired) electrons. The number of pyridine rings is 1. The van der Waals surface area contributed by atoms with E-state index in [2.05, 4.69) is 30.2 Å². The highest BCUT2D eigenvalue weighted by Crippen LogP contribution is 2.24. The van der Waals surface area contributed by atoms with Gasteiger partial charge < -0.3 is 10.1 Å². The number of aromatic nitrogens is 1. The lowest BCUT2D eigenvalue weighted by atomic mass is 10.2. The smallest absolute Gasteiger partial charge is 0.150 e. The SMILES string of the molecule is CCCNCc1ccncc1Oc1cccc(C)c1. The number of ether oxygens (including phenoxy) is 1. The van der Waals surface area contributed by atoms with Gasteiger partial charge in [-0.05, 0) is 43.7 Å². The number of nitrogens with one attached hydrogen (secondary N) is 1. The molecule has 0 saturated carbocycles. The summed E-state index contributed by atoms with van der Waals surface area (Å²) < 4.78 is 5.92. The second-order valence-corrected chi connectivity index (χ2v) is 4.58. The molecule has 3 nitrogen and oxygen atoms in total. The molecule has 3 heteroatoms. The Morgan fingerprint density at radius 3 is 2.95 bits per heavy atom. The largest absolute Gasteiger partial charge is 0.455 e. The van der Waals surface area contributed by atoms with Crippen LogP contribution in [0.15, 0.2) is 42.7 Å². The quantitative estimate of drug-likeness (QED) is 0.800. The van der Waals surface area contributed by atoms with Crippen molar-refractivity contribution < 1.29 is 4.74 Å². The third-order valence-corrected chi connectivity index (χ3v) is 2.83. The molecule has 0 spiro atoms. The van der Waals surface area contributed by atoms with Gasteiger partial charge in [-0.2, -0.15) is 0 Å². The van der Waals surface area contributed by atoms with Gasteiger partial charge in [-0.3, -0.25) is 4.98 Å². The molecule has 0 saturated heterocycles. The fourth-order valence-corrected chi connectivity index (χ4v) is 1.85. The molecule has 2 rings (SSSR count). The summed E-state index contributed by atoms with van der Waals surface area (Å²) in [5.74, 6) is 1.67. The monoisotopic (exact) mass is 256 g/mol. The molecule has 0 aliphatic carbocycles. The van der Waals surface area contributed by atoms with Crippen LogP contribution in [0.25, 0.3) is 0 Å². The maximum atomic E-state index is 5.92. The lowest BCUT2D eigenvalue weighted by Crippen LogP contribution is -2.14. The molecule has 0 bridgehead atoms. The van der Waals surface area contributed by atoms with E-state index in [0.29, 0.717) is 0 Å². The van der Waals surface area contributed by atoms with Gasteiger partial charge in [0.2, 0.25) is 0 Å². The third-order valence-electron chi connectivity index (χ3n) is 2.83. The van der Waals surface area contributed by atoms with Crippen LogP contribution in [0.4, 0.5) is 0 Å². The number of nitrogens with zero attached hydrogens (tertiary/aromatic N) is 1. The van der Waals surface area contributed by atoms with Gasteiger partial charge in [0.15, 0.2) is 0 Å². The van der Waals surface area contributed by atoms with Gasteiger partial charge in [0.1, 0.15) is 11.5 Å². The van der Waals surface area contributed by atoms with Crippen LogP contribution in [-0.4, -0.2) is 11.5 Å². The van der Waals surface area contributed by atoms with Crippen LogP contribution in [0.2, 0.25) is 0 Å². The molecule has 19 heavy (non-hydrogen) atoms. The minimum atomic E-state index is 0.803. The van der Waals surface area contributed by atoms with E-state index in [1.54, 1.807) is 12.4 Å². The predicted molar refractivity (Wildman–Crippen MR) is 77.5 cm³/mol. The van der Waals surface area contributed by atoms with Crippen molar-refractivity contribution in [1.82, 2.24) is 10.3 Å². The molecule has 0 atom stereocenters. The Kier molecular flexibility index (Phi) is 4.93. The van der Waals surface area contributed by atoms with E-state index < -0.39 is 0 Å². The van der Waals surface area contributed by atoms with Crippen molar-refractivity contribution in [3.05, 3.63) is 53.9 Å². The first-order valence-electron chi connectivity index (χ1n) is 6.67. The minimum absolute atomic E-state index is 0.803. The normalized spacial score (nSPS) is 10.4. The van der Waals surface area contributed by atoms with Crippen molar-refractivity contribution in [2.75, 3.05) is 6.54 Å². The number of hydrogen-bond donors (Lipinski definition) is 1. The first-order chi connectivity index (χ1) is 9.29. The topological polar surface area (TPSA) is 34.2 Å². The minimum Gasteiger partial charge on any atom is -0.455 e. The van der Waals surface area contributed by atoms with Crippen molar-refractivity contribution in [3.63, 3.8) is 0 Å². The van der Waals surface area contributed by atoms with Gasteiger partial charge in [-0.1, -0.05) is 19.1 Å². The lowest BCUT2D eigenvalue weighted by molar-refractivity contribution is 0.470. The zero-order valence-electron chi connectivity index (χ0n) is 11.5. The Balaban J connectivity index is 2.11. The number of rotatable bonds is 6. The number of hydrogen-bond acceptors (Lipinski definition) is 3. The molecule has 0 aliphatic heterocycles. The summed E-state index contributed by atoms with van der Waals surface area (Å²) in [5, 5.41) is 3.38. The van der Waals surface area contributed by atoms with E-state index >= 15 is 0 Å². The summed E-state index contributed by atoms with van der Waals surface area (Å²) in [7, 11) is 0. The van der Waals surface area contributed by atoms with Crippen LogP contribution in [0.5, 0.6) is 11.5 Å². The highest BCUT2D eigenvalue weighted by atomic mass is 16.5. The first-order valence-corrected chi connectivity index (χ1v) is 6.67. The van der Waals surface area contributed by atoms with Crippen LogP contribution in [0.1, 0.15) is 24.5 Å². The van der Waals surface area contributed by atoms with Crippen LogP contribution < -0.4 is 10.1 Å². The Morgan fingerprint density at radius 1 is 1.26 bits per heavy atom. The van der Waals surface area contributed by atoms with Crippen molar-refractivity contribution in [1.29, 1.82) is 0 Å². The molecule has 100 valence electrons.